The Morgan fingerprint density at radius 2 is 2.04 bits per heavy atom. The van der Waals surface area contributed by atoms with E-state index in [-0.39, 0.29) is 11.4 Å². The van der Waals surface area contributed by atoms with Gasteiger partial charge in [-0.1, -0.05) is 12.1 Å². The van der Waals surface area contributed by atoms with E-state index < -0.39 is 24.1 Å². The molecule has 1 aromatic heterocycles. The monoisotopic (exact) mass is 354 g/mol. The summed E-state index contributed by atoms with van der Waals surface area (Å²) < 4.78 is 13.8. The molecule has 0 saturated carbocycles. The summed E-state index contributed by atoms with van der Waals surface area (Å²) in [6.45, 7) is 1.03. The number of aromatic nitrogens is 2. The Labute approximate surface area is 147 Å². The minimum absolute atomic E-state index is 0.0321. The summed E-state index contributed by atoms with van der Waals surface area (Å²) >= 11 is 0. The summed E-state index contributed by atoms with van der Waals surface area (Å²) in [7, 11) is 0. The average molecular weight is 354 g/mol. The van der Waals surface area contributed by atoms with Crippen molar-refractivity contribution >= 4 is 17.1 Å². The minimum Gasteiger partial charge on any atom is -0.465 e. The molecule has 4 N–H and O–H groups in total. The van der Waals surface area contributed by atoms with Crippen LogP contribution in [0.2, 0.25) is 0 Å². The van der Waals surface area contributed by atoms with Crippen LogP contribution in [0.1, 0.15) is 18.3 Å². The summed E-state index contributed by atoms with van der Waals surface area (Å²) in [6.07, 6.45) is -1.28. The number of H-pyrrole nitrogens is 1. The smallest absolute Gasteiger partial charge is 0.405 e. The van der Waals surface area contributed by atoms with E-state index in [4.69, 9.17) is 10.4 Å². The lowest BCUT2D eigenvalue weighted by molar-refractivity contribution is 0.142. The van der Waals surface area contributed by atoms with Crippen molar-refractivity contribution < 1.29 is 19.4 Å². The molecule has 1 heterocycles. The molecule has 0 fully saturated rings. The average Bonchev–Trinajstić information content (AvgIpc) is 3.05. The molecule has 2 aromatic carbocycles. The van der Waals surface area contributed by atoms with E-state index in [0.29, 0.717) is 22.2 Å². The number of rotatable bonds is 4. The highest BCUT2D eigenvalue weighted by Gasteiger charge is 2.31. The molecule has 0 radical (unpaired) electrons. The van der Waals surface area contributed by atoms with Crippen molar-refractivity contribution in [2.24, 2.45) is 0 Å². The summed E-state index contributed by atoms with van der Waals surface area (Å²) in [5.74, 6) is -0.341. The van der Waals surface area contributed by atoms with E-state index >= 15 is 0 Å². The topological polar surface area (TPSA) is 122 Å². The van der Waals surface area contributed by atoms with Crippen LogP contribution < -0.4 is 5.32 Å². The van der Waals surface area contributed by atoms with Crippen LogP contribution >= 0.6 is 0 Å². The predicted octanol–water partition coefficient (Wildman–Crippen LogP) is 2.72. The predicted molar refractivity (Wildman–Crippen MR) is 91.8 cm³/mol. The van der Waals surface area contributed by atoms with Gasteiger partial charge in [0, 0.05) is 0 Å². The van der Waals surface area contributed by atoms with E-state index in [2.05, 4.69) is 15.3 Å². The number of hydrogen-bond acceptors (Lipinski definition) is 4. The molecule has 1 amide bonds. The molecule has 7 nitrogen and oxygen atoms in total. The normalized spacial score (nSPS) is 13.2. The number of nitrogens with one attached hydrogen (secondary N) is 2. The number of carbonyl (C=O) groups is 1. The van der Waals surface area contributed by atoms with Gasteiger partial charge in [-0.25, -0.2) is 14.2 Å². The maximum absolute atomic E-state index is 13.8. The highest BCUT2D eigenvalue weighted by Crippen LogP contribution is 2.27. The third kappa shape index (κ3) is 3.08. The van der Waals surface area contributed by atoms with Gasteiger partial charge < -0.3 is 20.5 Å². The fourth-order valence-corrected chi connectivity index (χ4v) is 2.64. The Morgan fingerprint density at radius 1 is 1.35 bits per heavy atom. The number of nitriles is 1. The van der Waals surface area contributed by atoms with E-state index in [9.17, 15) is 14.3 Å². The second-order valence-electron chi connectivity index (χ2n) is 6.04. The molecule has 0 aliphatic rings. The number of aliphatic hydroxyl groups excluding tert-OH is 1. The summed E-state index contributed by atoms with van der Waals surface area (Å²) in [5.41, 5.74) is 1.14. The number of imidazole rings is 1. The van der Waals surface area contributed by atoms with Crippen LogP contribution in [0, 0.1) is 17.1 Å². The molecule has 132 valence electrons. The highest BCUT2D eigenvalue weighted by molar-refractivity contribution is 5.82. The van der Waals surface area contributed by atoms with Gasteiger partial charge in [-0.3, -0.25) is 0 Å². The standard InChI is InChI=1S/C18H15FN4O3/c1-18(9-24,23-17(25)26)16-21-14-5-4-11(7-15(14)22-16)10-2-3-12(8-20)13(19)6-10/h2-7,23-24H,9H2,1H3,(H,21,22)(H,25,26). The van der Waals surface area contributed by atoms with Crippen LogP contribution in [0.5, 0.6) is 0 Å². The van der Waals surface area contributed by atoms with E-state index in [0.717, 1.165) is 0 Å². The zero-order chi connectivity index (χ0) is 18.9. The van der Waals surface area contributed by atoms with E-state index in [1.54, 1.807) is 30.3 Å². The fraction of sp³-hybridized carbons (Fsp3) is 0.167. The number of hydrogen-bond donors (Lipinski definition) is 4. The van der Waals surface area contributed by atoms with E-state index in [1.807, 2.05) is 0 Å². The van der Waals surface area contributed by atoms with Crippen molar-refractivity contribution in [3.05, 3.63) is 53.6 Å². The number of aromatic amines is 1. The number of benzene rings is 2. The van der Waals surface area contributed by atoms with Crippen LogP contribution in [0.25, 0.3) is 22.2 Å². The van der Waals surface area contributed by atoms with Crippen molar-refractivity contribution in [1.29, 1.82) is 5.26 Å². The summed E-state index contributed by atoms with van der Waals surface area (Å²) in [6, 6.07) is 11.3. The first-order valence-electron chi connectivity index (χ1n) is 7.68. The van der Waals surface area contributed by atoms with Crippen LogP contribution in [-0.2, 0) is 5.54 Å². The number of aliphatic hydroxyl groups is 1. The first-order valence-corrected chi connectivity index (χ1v) is 7.68. The van der Waals surface area contributed by atoms with Crippen LogP contribution in [0.3, 0.4) is 0 Å². The van der Waals surface area contributed by atoms with Gasteiger partial charge in [0.1, 0.15) is 23.2 Å². The first kappa shape index (κ1) is 17.4. The molecule has 3 aromatic rings. The lowest BCUT2D eigenvalue weighted by atomic mass is 10.0. The van der Waals surface area contributed by atoms with Gasteiger partial charge >= 0.3 is 6.09 Å². The molecular formula is C18H15FN4O3. The van der Waals surface area contributed by atoms with Gasteiger partial charge in [0.05, 0.1) is 23.2 Å². The minimum atomic E-state index is -1.29. The maximum Gasteiger partial charge on any atom is 0.405 e. The molecule has 1 unspecified atom stereocenters. The zero-order valence-electron chi connectivity index (χ0n) is 13.7. The molecule has 0 saturated heterocycles. The lowest BCUT2D eigenvalue weighted by Gasteiger charge is -2.24. The van der Waals surface area contributed by atoms with E-state index in [1.165, 1.54) is 19.1 Å². The first-order chi connectivity index (χ1) is 12.4. The van der Waals surface area contributed by atoms with Gasteiger partial charge in [0.2, 0.25) is 0 Å². The second kappa shape index (κ2) is 6.46. The van der Waals surface area contributed by atoms with Gasteiger partial charge in [-0.05, 0) is 42.3 Å². The molecule has 1 atom stereocenters. The molecule has 3 rings (SSSR count). The Hall–Kier alpha value is -3.44. The Balaban J connectivity index is 2.04. The molecular weight excluding hydrogens is 339 g/mol. The van der Waals surface area contributed by atoms with Gasteiger partial charge in [0.25, 0.3) is 0 Å². The van der Waals surface area contributed by atoms with Crippen molar-refractivity contribution in [1.82, 2.24) is 15.3 Å². The van der Waals surface area contributed by atoms with Crippen LogP contribution in [0.15, 0.2) is 36.4 Å². The molecule has 0 aliphatic carbocycles. The van der Waals surface area contributed by atoms with Crippen molar-refractivity contribution in [2.45, 2.75) is 12.5 Å². The zero-order valence-corrected chi connectivity index (χ0v) is 13.7. The van der Waals surface area contributed by atoms with Crippen LogP contribution in [-0.4, -0.2) is 32.9 Å². The second-order valence-corrected chi connectivity index (χ2v) is 6.04. The number of nitrogens with zero attached hydrogens (tertiary/aromatic N) is 2. The summed E-state index contributed by atoms with van der Waals surface area (Å²) in [4.78, 5) is 18.3. The largest absolute Gasteiger partial charge is 0.465 e. The quantitative estimate of drug-likeness (QED) is 0.574. The third-order valence-corrected chi connectivity index (χ3v) is 4.13. The molecule has 26 heavy (non-hydrogen) atoms. The third-order valence-electron chi connectivity index (χ3n) is 4.13. The Kier molecular flexibility index (Phi) is 4.32. The molecule has 0 spiro atoms. The number of carboxylic acid groups (broad SMARTS) is 1. The van der Waals surface area contributed by atoms with Crippen molar-refractivity contribution in [2.75, 3.05) is 6.61 Å². The maximum atomic E-state index is 13.8. The van der Waals surface area contributed by atoms with Gasteiger partial charge in [-0.15, -0.1) is 0 Å². The lowest BCUT2D eigenvalue weighted by Crippen LogP contribution is -2.46. The fourth-order valence-electron chi connectivity index (χ4n) is 2.64. The molecule has 0 bridgehead atoms. The number of amides is 1. The van der Waals surface area contributed by atoms with Gasteiger partial charge in [0.15, 0.2) is 0 Å². The van der Waals surface area contributed by atoms with Gasteiger partial charge in [-0.2, -0.15) is 5.26 Å². The Morgan fingerprint density at radius 3 is 2.65 bits per heavy atom. The SMILES string of the molecule is CC(CO)(NC(=O)O)c1nc2cc(-c3ccc(C#N)c(F)c3)ccc2[nH]1. The van der Waals surface area contributed by atoms with Crippen LogP contribution in [0.4, 0.5) is 9.18 Å². The van der Waals surface area contributed by atoms with Crippen molar-refractivity contribution in [3.63, 3.8) is 0 Å². The number of fused-ring (bicyclic) bond motifs is 1. The highest BCUT2D eigenvalue weighted by atomic mass is 19.1. The number of halogens is 1. The Bertz CT molecular complexity index is 1040. The molecule has 8 heteroatoms. The molecule has 0 aliphatic heterocycles. The summed E-state index contributed by atoms with van der Waals surface area (Å²) in [5, 5.41) is 29.6. The van der Waals surface area contributed by atoms with Crippen molar-refractivity contribution in [3.8, 4) is 17.2 Å².